The number of hydrogen-bond acceptors (Lipinski definition) is 4. The molecule has 17 heavy (non-hydrogen) atoms. The molecule has 0 bridgehead atoms. The molecule has 0 atom stereocenters. The Morgan fingerprint density at radius 2 is 2.24 bits per heavy atom. The van der Waals surface area contributed by atoms with Crippen molar-refractivity contribution in [2.75, 3.05) is 0 Å². The van der Waals surface area contributed by atoms with Crippen LogP contribution in [0.2, 0.25) is 0 Å². The van der Waals surface area contributed by atoms with Gasteiger partial charge in [-0.05, 0) is 18.6 Å². The van der Waals surface area contributed by atoms with Gasteiger partial charge in [0.1, 0.15) is 17.4 Å². The van der Waals surface area contributed by atoms with Gasteiger partial charge in [-0.15, -0.1) is 0 Å². The van der Waals surface area contributed by atoms with Gasteiger partial charge in [-0.3, -0.25) is 0 Å². The van der Waals surface area contributed by atoms with Crippen LogP contribution < -0.4 is 4.74 Å². The summed E-state index contributed by atoms with van der Waals surface area (Å²) < 4.78 is 23.3. The number of aryl methyl sites for hydroxylation is 1. The smallest absolute Gasteiger partial charge is 0.298 e. The van der Waals surface area contributed by atoms with Crippen LogP contribution in [0.25, 0.3) is 0 Å². The first-order valence-corrected chi connectivity index (χ1v) is 6.70. The summed E-state index contributed by atoms with van der Waals surface area (Å²) in [4.78, 5) is 4.20. The molecule has 0 unspecified atom stereocenters. The Bertz CT molecular complexity index is 498. The fraction of sp³-hybridized carbons (Fsp3) is 0.273. The zero-order valence-corrected chi connectivity index (χ0v) is 11.5. The van der Waals surface area contributed by atoms with Crippen molar-refractivity contribution in [2.45, 2.75) is 19.8 Å². The van der Waals surface area contributed by atoms with Crippen molar-refractivity contribution in [2.24, 2.45) is 0 Å². The van der Waals surface area contributed by atoms with Gasteiger partial charge in [-0.1, -0.05) is 22.9 Å². The third-order valence-corrected chi connectivity index (χ3v) is 3.05. The summed E-state index contributed by atoms with van der Waals surface area (Å²) in [5, 5.41) is 0.436. The lowest BCUT2D eigenvalue weighted by molar-refractivity contribution is 0.471. The number of rotatable bonds is 4. The average molecular weight is 317 g/mol. The molecular weight excluding hydrogens is 307 g/mol. The van der Waals surface area contributed by atoms with Crippen LogP contribution in [0, 0.1) is 5.82 Å². The molecule has 2 aromatic rings. The highest BCUT2D eigenvalue weighted by atomic mass is 79.9. The number of benzene rings is 1. The van der Waals surface area contributed by atoms with E-state index in [1.807, 2.05) is 0 Å². The van der Waals surface area contributed by atoms with Gasteiger partial charge in [0, 0.05) is 28.5 Å². The molecule has 0 spiro atoms. The van der Waals surface area contributed by atoms with E-state index in [1.165, 1.54) is 23.7 Å². The van der Waals surface area contributed by atoms with Crippen molar-refractivity contribution in [1.29, 1.82) is 0 Å². The Labute approximate surface area is 111 Å². The van der Waals surface area contributed by atoms with Gasteiger partial charge in [0.25, 0.3) is 5.19 Å². The lowest BCUT2D eigenvalue weighted by Gasteiger charge is -2.01. The molecule has 0 radical (unpaired) electrons. The van der Waals surface area contributed by atoms with Gasteiger partial charge in [0.15, 0.2) is 0 Å². The molecule has 0 aliphatic carbocycles. The molecule has 2 rings (SSSR count). The molecule has 6 heteroatoms. The quantitative estimate of drug-likeness (QED) is 0.848. The minimum atomic E-state index is -0.354. The van der Waals surface area contributed by atoms with Crippen molar-refractivity contribution < 1.29 is 9.13 Å². The van der Waals surface area contributed by atoms with Crippen LogP contribution in [0.4, 0.5) is 4.39 Å². The van der Waals surface area contributed by atoms with E-state index in [9.17, 15) is 4.39 Å². The highest BCUT2D eigenvalue weighted by molar-refractivity contribution is 9.10. The normalized spacial score (nSPS) is 10.5. The molecule has 0 fully saturated rings. The molecule has 0 amide bonds. The highest BCUT2D eigenvalue weighted by Gasteiger charge is 2.07. The monoisotopic (exact) mass is 316 g/mol. The lowest BCUT2D eigenvalue weighted by atomic mass is 10.3. The van der Waals surface area contributed by atoms with Crippen LogP contribution in [0.5, 0.6) is 10.9 Å². The topological polar surface area (TPSA) is 35.0 Å². The minimum Gasteiger partial charge on any atom is -0.430 e. The van der Waals surface area contributed by atoms with E-state index in [2.05, 4.69) is 32.2 Å². The Hall–Kier alpha value is -1.01. The van der Waals surface area contributed by atoms with E-state index in [1.54, 1.807) is 6.07 Å². The van der Waals surface area contributed by atoms with E-state index in [4.69, 9.17) is 4.74 Å². The first-order valence-electron chi connectivity index (χ1n) is 5.14. The first kappa shape index (κ1) is 12.4. The molecule has 3 nitrogen and oxygen atoms in total. The fourth-order valence-corrected chi connectivity index (χ4v) is 2.33. The maximum absolute atomic E-state index is 13.1. The number of nitrogens with zero attached hydrogens (tertiary/aromatic N) is 2. The third kappa shape index (κ3) is 3.47. The summed E-state index contributed by atoms with van der Waals surface area (Å²) in [5.41, 5.74) is 0. The Morgan fingerprint density at radius 1 is 1.41 bits per heavy atom. The second-order valence-electron chi connectivity index (χ2n) is 3.43. The van der Waals surface area contributed by atoms with Crippen molar-refractivity contribution in [3.8, 4) is 10.9 Å². The van der Waals surface area contributed by atoms with Gasteiger partial charge in [0.2, 0.25) is 0 Å². The maximum Gasteiger partial charge on any atom is 0.298 e. The van der Waals surface area contributed by atoms with Crippen LogP contribution in [0.15, 0.2) is 22.7 Å². The van der Waals surface area contributed by atoms with Crippen LogP contribution in [-0.4, -0.2) is 9.36 Å². The first-order chi connectivity index (χ1) is 8.17. The van der Waals surface area contributed by atoms with Crippen molar-refractivity contribution in [3.05, 3.63) is 34.3 Å². The third-order valence-electron chi connectivity index (χ3n) is 1.96. The van der Waals surface area contributed by atoms with E-state index in [0.717, 1.165) is 18.7 Å². The fourth-order valence-electron chi connectivity index (χ4n) is 1.29. The predicted molar refractivity (Wildman–Crippen MR) is 68.1 cm³/mol. The van der Waals surface area contributed by atoms with Gasteiger partial charge >= 0.3 is 0 Å². The predicted octanol–water partition coefficient (Wildman–Crippen LogP) is 4.18. The SMILES string of the molecule is CCCc1nsc(Oc2cc(F)cc(Br)c2)n1. The summed E-state index contributed by atoms with van der Waals surface area (Å²) >= 11 is 4.38. The Kier molecular flexibility index (Phi) is 4.06. The number of halogens is 2. The van der Waals surface area contributed by atoms with Crippen LogP contribution >= 0.6 is 27.5 Å². The van der Waals surface area contributed by atoms with Crippen LogP contribution in [-0.2, 0) is 6.42 Å². The van der Waals surface area contributed by atoms with Crippen LogP contribution in [0.1, 0.15) is 19.2 Å². The van der Waals surface area contributed by atoms with Crippen LogP contribution in [0.3, 0.4) is 0 Å². The molecule has 0 saturated carbocycles. The van der Waals surface area contributed by atoms with Gasteiger partial charge < -0.3 is 4.74 Å². The Balaban J connectivity index is 2.13. The second kappa shape index (κ2) is 5.55. The zero-order valence-electron chi connectivity index (χ0n) is 9.11. The standard InChI is InChI=1S/C11H10BrFN2OS/c1-2-3-10-14-11(17-15-10)16-9-5-7(12)4-8(13)6-9/h4-6H,2-3H2,1H3. The van der Waals surface area contributed by atoms with Gasteiger partial charge in [-0.25, -0.2) is 4.39 Å². The average Bonchev–Trinajstić information content (AvgIpc) is 2.64. The molecule has 0 N–H and O–H groups in total. The highest BCUT2D eigenvalue weighted by Crippen LogP contribution is 2.27. The van der Waals surface area contributed by atoms with Crippen molar-refractivity contribution >= 4 is 27.5 Å². The van der Waals surface area contributed by atoms with Gasteiger partial charge in [-0.2, -0.15) is 9.36 Å². The van der Waals surface area contributed by atoms with E-state index in [-0.39, 0.29) is 5.82 Å². The summed E-state index contributed by atoms with van der Waals surface area (Å²) in [5.74, 6) is 0.826. The molecule has 0 saturated heterocycles. The molecule has 0 aliphatic rings. The van der Waals surface area contributed by atoms with E-state index in [0.29, 0.717) is 15.4 Å². The van der Waals surface area contributed by atoms with E-state index < -0.39 is 0 Å². The molecular formula is C11H10BrFN2OS. The maximum atomic E-state index is 13.1. The van der Waals surface area contributed by atoms with Crippen molar-refractivity contribution in [3.63, 3.8) is 0 Å². The zero-order chi connectivity index (χ0) is 12.3. The molecule has 1 heterocycles. The summed E-state index contributed by atoms with van der Waals surface area (Å²) in [6.07, 6.45) is 1.81. The largest absolute Gasteiger partial charge is 0.430 e. The second-order valence-corrected chi connectivity index (χ2v) is 5.06. The number of aromatic nitrogens is 2. The lowest BCUT2D eigenvalue weighted by Crippen LogP contribution is -1.88. The molecule has 1 aromatic carbocycles. The van der Waals surface area contributed by atoms with Gasteiger partial charge in [0.05, 0.1) is 0 Å². The minimum absolute atomic E-state index is 0.354. The molecule has 1 aromatic heterocycles. The Morgan fingerprint density at radius 3 is 2.94 bits per heavy atom. The molecule has 0 aliphatic heterocycles. The summed E-state index contributed by atoms with van der Waals surface area (Å²) in [7, 11) is 0. The number of hydrogen-bond donors (Lipinski definition) is 0. The number of ether oxygens (including phenoxy) is 1. The summed E-state index contributed by atoms with van der Waals surface area (Å²) in [6.45, 7) is 2.06. The molecule has 90 valence electrons. The van der Waals surface area contributed by atoms with Crippen molar-refractivity contribution in [1.82, 2.24) is 9.36 Å². The van der Waals surface area contributed by atoms with E-state index >= 15 is 0 Å². The summed E-state index contributed by atoms with van der Waals surface area (Å²) in [6, 6.07) is 4.37.